The van der Waals surface area contributed by atoms with E-state index >= 15 is 0 Å². The van der Waals surface area contributed by atoms with Crippen LogP contribution in [0, 0.1) is 0 Å². The quantitative estimate of drug-likeness (QED) is 0.846. The SMILES string of the molecule is CC(C)(C)c1ccccc1C(=O)N(CCO)CCO. The van der Waals surface area contributed by atoms with E-state index in [-0.39, 0.29) is 37.6 Å². The van der Waals surface area contributed by atoms with E-state index in [0.29, 0.717) is 5.56 Å². The summed E-state index contributed by atoms with van der Waals surface area (Å²) in [5.41, 5.74) is 1.48. The Bertz CT molecular complexity index is 418. The maximum absolute atomic E-state index is 12.5. The van der Waals surface area contributed by atoms with Crippen molar-refractivity contribution >= 4 is 5.91 Å². The van der Waals surface area contributed by atoms with Gasteiger partial charge in [0.15, 0.2) is 0 Å². The third-order valence-corrected chi connectivity index (χ3v) is 2.99. The Morgan fingerprint density at radius 1 is 1.11 bits per heavy atom. The summed E-state index contributed by atoms with van der Waals surface area (Å²) in [6, 6.07) is 7.49. The monoisotopic (exact) mass is 265 g/mol. The number of nitrogens with zero attached hydrogens (tertiary/aromatic N) is 1. The van der Waals surface area contributed by atoms with Crippen LogP contribution in [0.1, 0.15) is 36.7 Å². The lowest BCUT2D eigenvalue weighted by molar-refractivity contribution is 0.0682. The molecule has 0 bridgehead atoms. The molecule has 0 spiro atoms. The van der Waals surface area contributed by atoms with Crippen LogP contribution in [0.15, 0.2) is 24.3 Å². The molecule has 0 radical (unpaired) electrons. The molecule has 0 saturated carbocycles. The molecule has 1 amide bonds. The highest BCUT2D eigenvalue weighted by atomic mass is 16.3. The summed E-state index contributed by atoms with van der Waals surface area (Å²) in [4.78, 5) is 14.0. The Kier molecular flexibility index (Phi) is 5.51. The largest absolute Gasteiger partial charge is 0.395 e. The molecule has 0 saturated heterocycles. The highest BCUT2D eigenvalue weighted by Crippen LogP contribution is 2.26. The molecule has 0 unspecified atom stereocenters. The van der Waals surface area contributed by atoms with Crippen LogP contribution in [0.4, 0.5) is 0 Å². The molecule has 0 aliphatic carbocycles. The number of carbonyl (C=O) groups is 1. The Morgan fingerprint density at radius 3 is 2.11 bits per heavy atom. The first kappa shape index (κ1) is 15.7. The van der Waals surface area contributed by atoms with Crippen LogP contribution in [0.3, 0.4) is 0 Å². The van der Waals surface area contributed by atoms with Crippen LogP contribution in [-0.4, -0.2) is 47.3 Å². The van der Waals surface area contributed by atoms with Crippen molar-refractivity contribution in [2.75, 3.05) is 26.3 Å². The van der Waals surface area contributed by atoms with E-state index in [0.717, 1.165) is 5.56 Å². The molecular weight excluding hydrogens is 242 g/mol. The second kappa shape index (κ2) is 6.68. The van der Waals surface area contributed by atoms with Gasteiger partial charge in [0.05, 0.1) is 13.2 Å². The van der Waals surface area contributed by atoms with E-state index < -0.39 is 0 Å². The standard InChI is InChI=1S/C15H23NO3/c1-15(2,3)13-7-5-4-6-12(13)14(19)16(8-10-17)9-11-18/h4-7,17-18H,8-11H2,1-3H3. The van der Waals surface area contributed by atoms with Crippen molar-refractivity contribution in [3.8, 4) is 0 Å². The average Bonchev–Trinajstić information content (AvgIpc) is 2.37. The van der Waals surface area contributed by atoms with Gasteiger partial charge in [-0.3, -0.25) is 4.79 Å². The lowest BCUT2D eigenvalue weighted by atomic mass is 9.83. The molecule has 4 nitrogen and oxygen atoms in total. The number of carbonyl (C=O) groups excluding carboxylic acids is 1. The molecule has 106 valence electrons. The lowest BCUT2D eigenvalue weighted by Gasteiger charge is -2.26. The third kappa shape index (κ3) is 4.04. The molecule has 0 aliphatic heterocycles. The van der Waals surface area contributed by atoms with Crippen molar-refractivity contribution in [2.24, 2.45) is 0 Å². The summed E-state index contributed by atoms with van der Waals surface area (Å²) in [6.07, 6.45) is 0. The summed E-state index contributed by atoms with van der Waals surface area (Å²) in [5.74, 6) is -0.145. The van der Waals surface area contributed by atoms with Crippen LogP contribution in [0.2, 0.25) is 0 Å². The molecule has 0 fully saturated rings. The van der Waals surface area contributed by atoms with E-state index in [9.17, 15) is 4.79 Å². The topological polar surface area (TPSA) is 60.8 Å². The maximum atomic E-state index is 12.5. The predicted octanol–water partition coefficient (Wildman–Crippen LogP) is 1.41. The van der Waals surface area contributed by atoms with Gasteiger partial charge in [0, 0.05) is 18.7 Å². The second-order valence-electron chi connectivity index (χ2n) is 5.53. The van der Waals surface area contributed by atoms with Crippen molar-refractivity contribution in [1.82, 2.24) is 4.90 Å². The average molecular weight is 265 g/mol. The van der Waals surface area contributed by atoms with Crippen LogP contribution < -0.4 is 0 Å². The summed E-state index contributed by atoms with van der Waals surface area (Å²) in [7, 11) is 0. The zero-order valence-electron chi connectivity index (χ0n) is 11.9. The molecular formula is C15H23NO3. The van der Waals surface area contributed by atoms with Gasteiger partial charge in [0.1, 0.15) is 0 Å². The zero-order chi connectivity index (χ0) is 14.5. The van der Waals surface area contributed by atoms with Crippen molar-refractivity contribution in [1.29, 1.82) is 0 Å². The van der Waals surface area contributed by atoms with Crippen molar-refractivity contribution in [3.05, 3.63) is 35.4 Å². The smallest absolute Gasteiger partial charge is 0.254 e. The molecule has 2 N–H and O–H groups in total. The lowest BCUT2D eigenvalue weighted by Crippen LogP contribution is -2.37. The van der Waals surface area contributed by atoms with E-state index in [2.05, 4.69) is 20.8 Å². The minimum absolute atomic E-state index is 0.108. The van der Waals surface area contributed by atoms with E-state index in [1.54, 1.807) is 6.07 Å². The Morgan fingerprint density at radius 2 is 1.63 bits per heavy atom. The number of benzene rings is 1. The zero-order valence-corrected chi connectivity index (χ0v) is 11.9. The Hall–Kier alpha value is -1.39. The van der Waals surface area contributed by atoms with Gasteiger partial charge in [-0.2, -0.15) is 0 Å². The summed E-state index contributed by atoms with van der Waals surface area (Å²) < 4.78 is 0. The summed E-state index contributed by atoms with van der Waals surface area (Å²) in [6.45, 7) is 6.42. The van der Waals surface area contributed by atoms with Gasteiger partial charge in [-0.05, 0) is 17.0 Å². The van der Waals surface area contributed by atoms with Crippen molar-refractivity contribution in [3.63, 3.8) is 0 Å². The Labute approximate surface area is 114 Å². The number of aliphatic hydroxyl groups is 2. The van der Waals surface area contributed by atoms with Crippen molar-refractivity contribution in [2.45, 2.75) is 26.2 Å². The van der Waals surface area contributed by atoms with E-state index in [1.807, 2.05) is 18.2 Å². The third-order valence-electron chi connectivity index (χ3n) is 2.99. The van der Waals surface area contributed by atoms with Crippen LogP contribution in [0.5, 0.6) is 0 Å². The van der Waals surface area contributed by atoms with Gasteiger partial charge in [-0.25, -0.2) is 0 Å². The summed E-state index contributed by atoms with van der Waals surface area (Å²) >= 11 is 0. The van der Waals surface area contributed by atoms with E-state index in [1.165, 1.54) is 4.90 Å². The number of amides is 1. The molecule has 0 atom stereocenters. The van der Waals surface area contributed by atoms with Gasteiger partial charge < -0.3 is 15.1 Å². The first-order valence-electron chi connectivity index (χ1n) is 6.52. The van der Waals surface area contributed by atoms with Gasteiger partial charge in [-0.1, -0.05) is 39.0 Å². The molecule has 19 heavy (non-hydrogen) atoms. The van der Waals surface area contributed by atoms with Crippen LogP contribution >= 0.6 is 0 Å². The fraction of sp³-hybridized carbons (Fsp3) is 0.533. The highest BCUT2D eigenvalue weighted by molar-refractivity contribution is 5.96. The Balaban J connectivity index is 3.11. The van der Waals surface area contributed by atoms with Gasteiger partial charge >= 0.3 is 0 Å². The predicted molar refractivity (Wildman–Crippen MR) is 75.2 cm³/mol. The maximum Gasteiger partial charge on any atom is 0.254 e. The van der Waals surface area contributed by atoms with Crippen LogP contribution in [-0.2, 0) is 5.41 Å². The molecule has 0 aromatic heterocycles. The molecule has 4 heteroatoms. The number of aliphatic hydroxyl groups excluding tert-OH is 2. The summed E-state index contributed by atoms with van der Waals surface area (Å²) in [5, 5.41) is 18.0. The first-order valence-corrected chi connectivity index (χ1v) is 6.52. The fourth-order valence-electron chi connectivity index (χ4n) is 2.05. The van der Waals surface area contributed by atoms with E-state index in [4.69, 9.17) is 10.2 Å². The highest BCUT2D eigenvalue weighted by Gasteiger charge is 2.23. The molecule has 1 aromatic rings. The fourth-order valence-corrected chi connectivity index (χ4v) is 2.05. The first-order chi connectivity index (χ1) is 8.91. The second-order valence-corrected chi connectivity index (χ2v) is 5.53. The molecule has 1 aromatic carbocycles. The number of hydrogen-bond acceptors (Lipinski definition) is 3. The van der Waals surface area contributed by atoms with Gasteiger partial charge in [0.2, 0.25) is 0 Å². The minimum atomic E-state index is -0.145. The number of rotatable bonds is 5. The van der Waals surface area contributed by atoms with Crippen LogP contribution in [0.25, 0.3) is 0 Å². The molecule has 0 heterocycles. The number of hydrogen-bond donors (Lipinski definition) is 2. The minimum Gasteiger partial charge on any atom is -0.395 e. The molecule has 1 rings (SSSR count). The van der Waals surface area contributed by atoms with Gasteiger partial charge in [0.25, 0.3) is 5.91 Å². The van der Waals surface area contributed by atoms with Gasteiger partial charge in [-0.15, -0.1) is 0 Å². The molecule has 0 aliphatic rings. The normalized spacial score (nSPS) is 11.4. The van der Waals surface area contributed by atoms with Crippen molar-refractivity contribution < 1.29 is 15.0 Å².